The van der Waals surface area contributed by atoms with E-state index in [0.29, 0.717) is 11.3 Å². The summed E-state index contributed by atoms with van der Waals surface area (Å²) >= 11 is 1.77. The van der Waals surface area contributed by atoms with E-state index >= 15 is 0 Å². The van der Waals surface area contributed by atoms with E-state index in [1.54, 1.807) is 18.0 Å². The summed E-state index contributed by atoms with van der Waals surface area (Å²) in [6, 6.07) is 11.0. The van der Waals surface area contributed by atoms with Gasteiger partial charge in [-0.1, -0.05) is 55.9 Å². The number of benzene rings is 1. The first-order valence-corrected chi connectivity index (χ1v) is 7.63. The SMILES string of the molecule is CCCNC(c1ccccc1)C(C)Sc1ncc[nH]1. The van der Waals surface area contributed by atoms with Crippen molar-refractivity contribution < 1.29 is 0 Å². The molecule has 0 bridgehead atoms. The topological polar surface area (TPSA) is 40.7 Å². The highest BCUT2D eigenvalue weighted by Gasteiger charge is 2.20. The summed E-state index contributed by atoms with van der Waals surface area (Å²) < 4.78 is 0. The first kappa shape index (κ1) is 14.2. The van der Waals surface area contributed by atoms with Gasteiger partial charge in [0.2, 0.25) is 0 Å². The summed E-state index contributed by atoms with van der Waals surface area (Å²) in [6.07, 6.45) is 4.81. The maximum absolute atomic E-state index is 4.29. The number of rotatable bonds is 7. The summed E-state index contributed by atoms with van der Waals surface area (Å²) in [7, 11) is 0. The van der Waals surface area contributed by atoms with Gasteiger partial charge in [-0.2, -0.15) is 0 Å². The third-order valence-corrected chi connectivity index (χ3v) is 4.10. The van der Waals surface area contributed by atoms with Gasteiger partial charge in [-0.05, 0) is 18.5 Å². The Balaban J connectivity index is 2.08. The van der Waals surface area contributed by atoms with Gasteiger partial charge >= 0.3 is 0 Å². The van der Waals surface area contributed by atoms with Gasteiger partial charge in [-0.15, -0.1) is 0 Å². The van der Waals surface area contributed by atoms with Crippen LogP contribution in [-0.4, -0.2) is 21.8 Å². The van der Waals surface area contributed by atoms with Crippen molar-refractivity contribution in [3.8, 4) is 0 Å². The second-order valence-electron chi connectivity index (χ2n) is 4.56. The van der Waals surface area contributed by atoms with Crippen LogP contribution in [0.3, 0.4) is 0 Å². The highest BCUT2D eigenvalue weighted by Crippen LogP contribution is 2.29. The maximum Gasteiger partial charge on any atom is 0.165 e. The van der Waals surface area contributed by atoms with Crippen molar-refractivity contribution in [3.63, 3.8) is 0 Å². The molecule has 0 aliphatic heterocycles. The Morgan fingerprint density at radius 2 is 2.11 bits per heavy atom. The molecule has 19 heavy (non-hydrogen) atoms. The first-order chi connectivity index (χ1) is 9.31. The van der Waals surface area contributed by atoms with Crippen LogP contribution in [-0.2, 0) is 0 Å². The van der Waals surface area contributed by atoms with E-state index in [1.165, 1.54) is 5.56 Å². The minimum Gasteiger partial charge on any atom is -0.340 e. The van der Waals surface area contributed by atoms with Gasteiger partial charge in [0.25, 0.3) is 0 Å². The number of aromatic nitrogens is 2. The zero-order chi connectivity index (χ0) is 13.5. The van der Waals surface area contributed by atoms with Crippen LogP contribution in [0.1, 0.15) is 31.9 Å². The second-order valence-corrected chi connectivity index (χ2v) is 5.93. The second kappa shape index (κ2) is 7.36. The molecule has 0 saturated heterocycles. The van der Waals surface area contributed by atoms with E-state index in [0.717, 1.165) is 18.1 Å². The van der Waals surface area contributed by atoms with Crippen LogP contribution in [0.15, 0.2) is 47.9 Å². The summed E-state index contributed by atoms with van der Waals surface area (Å²) in [5.41, 5.74) is 1.34. The third kappa shape index (κ3) is 4.11. The van der Waals surface area contributed by atoms with E-state index in [9.17, 15) is 0 Å². The fourth-order valence-corrected chi connectivity index (χ4v) is 3.07. The van der Waals surface area contributed by atoms with Crippen LogP contribution < -0.4 is 5.32 Å². The largest absolute Gasteiger partial charge is 0.340 e. The molecule has 1 aromatic heterocycles. The van der Waals surface area contributed by atoms with Gasteiger partial charge in [0.15, 0.2) is 5.16 Å². The fourth-order valence-electron chi connectivity index (χ4n) is 2.07. The molecule has 2 atom stereocenters. The average Bonchev–Trinajstić information content (AvgIpc) is 2.93. The lowest BCUT2D eigenvalue weighted by Crippen LogP contribution is -2.29. The molecule has 0 fully saturated rings. The Bertz CT molecular complexity index is 456. The van der Waals surface area contributed by atoms with Crippen molar-refractivity contribution in [2.45, 2.75) is 36.7 Å². The Morgan fingerprint density at radius 3 is 2.74 bits per heavy atom. The van der Waals surface area contributed by atoms with Crippen LogP contribution in [0, 0.1) is 0 Å². The minimum absolute atomic E-state index is 0.344. The summed E-state index contributed by atoms with van der Waals surface area (Å²) in [4.78, 5) is 7.45. The Hall–Kier alpha value is -1.26. The van der Waals surface area contributed by atoms with Gasteiger partial charge in [0, 0.05) is 23.7 Å². The quantitative estimate of drug-likeness (QED) is 0.758. The number of hydrogen-bond donors (Lipinski definition) is 2. The average molecular weight is 275 g/mol. The molecule has 2 unspecified atom stereocenters. The van der Waals surface area contributed by atoms with Gasteiger partial charge in [-0.3, -0.25) is 0 Å². The molecular weight excluding hydrogens is 254 g/mol. The highest BCUT2D eigenvalue weighted by atomic mass is 32.2. The lowest BCUT2D eigenvalue weighted by molar-refractivity contribution is 0.527. The van der Waals surface area contributed by atoms with Crippen molar-refractivity contribution in [2.75, 3.05) is 6.54 Å². The Labute approximate surface area is 119 Å². The lowest BCUT2D eigenvalue weighted by atomic mass is 10.0. The van der Waals surface area contributed by atoms with E-state index in [-0.39, 0.29) is 0 Å². The van der Waals surface area contributed by atoms with Crippen molar-refractivity contribution in [1.29, 1.82) is 0 Å². The molecule has 102 valence electrons. The summed E-state index contributed by atoms with van der Waals surface area (Å²) in [5, 5.41) is 5.03. The highest BCUT2D eigenvalue weighted by molar-refractivity contribution is 7.99. The third-order valence-electron chi connectivity index (χ3n) is 3.01. The van der Waals surface area contributed by atoms with Crippen molar-refractivity contribution in [1.82, 2.24) is 15.3 Å². The van der Waals surface area contributed by atoms with Crippen LogP contribution in [0.5, 0.6) is 0 Å². The zero-order valence-electron chi connectivity index (χ0n) is 11.5. The van der Waals surface area contributed by atoms with Gasteiger partial charge in [-0.25, -0.2) is 4.98 Å². The van der Waals surface area contributed by atoms with Crippen LogP contribution in [0.25, 0.3) is 0 Å². The Kier molecular flexibility index (Phi) is 5.48. The van der Waals surface area contributed by atoms with E-state index in [4.69, 9.17) is 0 Å². The smallest absolute Gasteiger partial charge is 0.165 e. The van der Waals surface area contributed by atoms with Gasteiger partial charge in [0.1, 0.15) is 0 Å². The molecule has 0 amide bonds. The summed E-state index contributed by atoms with van der Waals surface area (Å²) in [5.74, 6) is 0. The minimum atomic E-state index is 0.344. The number of nitrogens with one attached hydrogen (secondary N) is 2. The molecule has 1 heterocycles. The van der Waals surface area contributed by atoms with E-state index in [2.05, 4.69) is 59.5 Å². The monoisotopic (exact) mass is 275 g/mol. The van der Waals surface area contributed by atoms with Gasteiger partial charge in [0.05, 0.1) is 0 Å². The van der Waals surface area contributed by atoms with Crippen molar-refractivity contribution in [2.24, 2.45) is 0 Å². The van der Waals surface area contributed by atoms with E-state index < -0.39 is 0 Å². The first-order valence-electron chi connectivity index (χ1n) is 6.75. The predicted octanol–water partition coefficient (Wildman–Crippen LogP) is 3.63. The molecular formula is C15H21N3S. The molecule has 4 heteroatoms. The van der Waals surface area contributed by atoms with Gasteiger partial charge < -0.3 is 10.3 Å². The number of imidazole rings is 1. The van der Waals surface area contributed by atoms with Crippen molar-refractivity contribution >= 4 is 11.8 Å². The van der Waals surface area contributed by atoms with Crippen LogP contribution >= 0.6 is 11.8 Å². The number of aromatic amines is 1. The zero-order valence-corrected chi connectivity index (χ0v) is 12.3. The molecule has 0 radical (unpaired) electrons. The normalized spacial score (nSPS) is 14.2. The molecule has 2 aromatic rings. The molecule has 3 nitrogen and oxygen atoms in total. The number of nitrogens with zero attached hydrogens (tertiary/aromatic N) is 1. The van der Waals surface area contributed by atoms with Crippen LogP contribution in [0.2, 0.25) is 0 Å². The van der Waals surface area contributed by atoms with Crippen molar-refractivity contribution in [3.05, 3.63) is 48.3 Å². The predicted molar refractivity (Wildman–Crippen MR) is 81.4 cm³/mol. The lowest BCUT2D eigenvalue weighted by Gasteiger charge is -2.24. The molecule has 1 aromatic carbocycles. The summed E-state index contributed by atoms with van der Waals surface area (Å²) in [6.45, 7) is 5.47. The Morgan fingerprint density at radius 1 is 1.32 bits per heavy atom. The number of H-pyrrole nitrogens is 1. The molecule has 2 N–H and O–H groups in total. The molecule has 0 saturated carbocycles. The fraction of sp³-hybridized carbons (Fsp3) is 0.400. The standard InChI is InChI=1S/C15H21N3S/c1-3-9-16-14(13-7-5-4-6-8-13)12(2)19-15-17-10-11-18-15/h4-8,10-12,14,16H,3,9H2,1-2H3,(H,17,18). The molecule has 0 spiro atoms. The number of thioether (sulfide) groups is 1. The number of hydrogen-bond acceptors (Lipinski definition) is 3. The molecule has 2 rings (SSSR count). The van der Waals surface area contributed by atoms with Crippen LogP contribution in [0.4, 0.5) is 0 Å². The molecule has 0 aliphatic rings. The van der Waals surface area contributed by atoms with E-state index in [1.807, 2.05) is 6.20 Å². The molecule has 0 aliphatic carbocycles. The maximum atomic E-state index is 4.29.